The minimum absolute atomic E-state index is 0.598. The van der Waals surface area contributed by atoms with Crippen LogP contribution in [0.1, 0.15) is 22.3 Å². The Labute approximate surface area is 243 Å². The maximum Gasteiger partial charge on any atom is 0.240 e. The Kier molecular flexibility index (Phi) is 5.32. The SMILES string of the molecule is Cc1ccc2c(c1)c1cc(C)ccc1n2-c1nc(-c2ccccc2)nc(-n2c3ccc(C)cc3c3cc(C)ccc32)n1. The average molecular weight is 544 g/mol. The number of aromatic nitrogens is 5. The number of hydrogen-bond donors (Lipinski definition) is 0. The molecule has 0 spiro atoms. The van der Waals surface area contributed by atoms with E-state index in [4.69, 9.17) is 15.0 Å². The van der Waals surface area contributed by atoms with Crippen LogP contribution in [0.5, 0.6) is 0 Å². The Morgan fingerprint density at radius 1 is 0.405 bits per heavy atom. The summed E-state index contributed by atoms with van der Waals surface area (Å²) in [5.74, 6) is 1.83. The van der Waals surface area contributed by atoms with Gasteiger partial charge in [0.2, 0.25) is 11.9 Å². The third kappa shape index (κ3) is 3.74. The molecule has 0 bridgehead atoms. The molecule has 3 heterocycles. The first-order chi connectivity index (χ1) is 20.4. The molecular weight excluding hydrogens is 514 g/mol. The van der Waals surface area contributed by atoms with Crippen LogP contribution in [0, 0.1) is 27.7 Å². The Hall–Kier alpha value is -5.29. The highest BCUT2D eigenvalue weighted by Gasteiger charge is 2.20. The molecule has 0 atom stereocenters. The van der Waals surface area contributed by atoms with Crippen LogP contribution in [0.15, 0.2) is 103 Å². The van der Waals surface area contributed by atoms with Crippen LogP contribution < -0.4 is 0 Å². The highest BCUT2D eigenvalue weighted by molar-refractivity contribution is 6.10. The minimum atomic E-state index is 0.598. The van der Waals surface area contributed by atoms with E-state index in [0.29, 0.717) is 17.7 Å². The number of benzene rings is 5. The van der Waals surface area contributed by atoms with Gasteiger partial charge in [-0.25, -0.2) is 0 Å². The van der Waals surface area contributed by atoms with Gasteiger partial charge in [0.25, 0.3) is 0 Å². The summed E-state index contributed by atoms with van der Waals surface area (Å²) >= 11 is 0. The molecule has 0 saturated carbocycles. The fraction of sp³-hybridized carbons (Fsp3) is 0.108. The van der Waals surface area contributed by atoms with Crippen LogP contribution in [0.4, 0.5) is 0 Å². The molecule has 42 heavy (non-hydrogen) atoms. The number of hydrogen-bond acceptors (Lipinski definition) is 3. The molecule has 0 unspecified atom stereocenters. The normalized spacial score (nSPS) is 11.8. The molecular formula is C37H29N5. The average Bonchev–Trinajstić information content (AvgIpc) is 3.48. The first-order valence-electron chi connectivity index (χ1n) is 14.3. The summed E-state index contributed by atoms with van der Waals surface area (Å²) in [5.41, 5.74) is 10.1. The molecule has 5 aromatic carbocycles. The van der Waals surface area contributed by atoms with E-state index in [2.05, 4.69) is 122 Å². The van der Waals surface area contributed by atoms with Crippen molar-refractivity contribution in [1.82, 2.24) is 24.1 Å². The van der Waals surface area contributed by atoms with Crippen molar-refractivity contribution in [3.05, 3.63) is 125 Å². The fourth-order valence-electron chi connectivity index (χ4n) is 6.20. The molecule has 0 aliphatic carbocycles. The molecule has 5 nitrogen and oxygen atoms in total. The highest BCUT2D eigenvalue weighted by atomic mass is 15.3. The molecule has 202 valence electrons. The molecule has 0 N–H and O–H groups in total. The summed E-state index contributed by atoms with van der Waals surface area (Å²) in [6, 6.07) is 36.5. The van der Waals surface area contributed by atoms with Crippen molar-refractivity contribution in [3.8, 4) is 23.3 Å². The number of rotatable bonds is 3. The summed E-state index contributed by atoms with van der Waals surface area (Å²) in [6.45, 7) is 8.55. The Balaban J connectivity index is 1.51. The summed E-state index contributed by atoms with van der Waals surface area (Å²) in [7, 11) is 0. The maximum absolute atomic E-state index is 5.24. The van der Waals surface area contributed by atoms with Gasteiger partial charge in [-0.1, -0.05) is 76.9 Å². The van der Waals surface area contributed by atoms with Crippen LogP contribution in [-0.2, 0) is 0 Å². The highest BCUT2D eigenvalue weighted by Crippen LogP contribution is 2.35. The summed E-state index contributed by atoms with van der Waals surface area (Å²) < 4.78 is 4.37. The van der Waals surface area contributed by atoms with Gasteiger partial charge in [0.05, 0.1) is 22.1 Å². The third-order valence-electron chi connectivity index (χ3n) is 8.20. The largest absolute Gasteiger partial charge is 0.278 e. The second kappa shape index (κ2) is 9.11. The zero-order valence-electron chi connectivity index (χ0n) is 24.1. The van der Waals surface area contributed by atoms with E-state index < -0.39 is 0 Å². The lowest BCUT2D eigenvalue weighted by Crippen LogP contribution is -2.10. The van der Waals surface area contributed by atoms with E-state index in [0.717, 1.165) is 27.6 Å². The smallest absolute Gasteiger partial charge is 0.240 e. The van der Waals surface area contributed by atoms with Crippen molar-refractivity contribution in [2.24, 2.45) is 0 Å². The molecule has 5 heteroatoms. The predicted molar refractivity (Wildman–Crippen MR) is 173 cm³/mol. The van der Waals surface area contributed by atoms with Crippen molar-refractivity contribution < 1.29 is 0 Å². The van der Waals surface area contributed by atoms with Gasteiger partial charge >= 0.3 is 0 Å². The van der Waals surface area contributed by atoms with Gasteiger partial charge in [-0.2, -0.15) is 15.0 Å². The van der Waals surface area contributed by atoms with Gasteiger partial charge in [0.1, 0.15) is 0 Å². The fourth-order valence-corrected chi connectivity index (χ4v) is 6.20. The first kappa shape index (κ1) is 24.5. The molecule has 0 fully saturated rings. The molecule has 0 radical (unpaired) electrons. The van der Waals surface area contributed by atoms with Gasteiger partial charge in [-0.15, -0.1) is 0 Å². The second-order valence-corrected chi connectivity index (χ2v) is 11.4. The van der Waals surface area contributed by atoms with Crippen LogP contribution in [0.2, 0.25) is 0 Å². The maximum atomic E-state index is 5.24. The lowest BCUT2D eigenvalue weighted by atomic mass is 10.1. The van der Waals surface area contributed by atoms with Gasteiger partial charge in [0.15, 0.2) is 5.82 Å². The lowest BCUT2D eigenvalue weighted by Gasteiger charge is -2.12. The quantitative estimate of drug-likeness (QED) is 0.223. The van der Waals surface area contributed by atoms with E-state index in [1.165, 1.54) is 43.8 Å². The molecule has 8 aromatic rings. The minimum Gasteiger partial charge on any atom is -0.278 e. The lowest BCUT2D eigenvalue weighted by molar-refractivity contribution is 0.892. The Morgan fingerprint density at radius 2 is 0.762 bits per heavy atom. The van der Waals surface area contributed by atoms with E-state index in [1.54, 1.807) is 0 Å². The topological polar surface area (TPSA) is 48.5 Å². The molecule has 0 amide bonds. The van der Waals surface area contributed by atoms with Crippen LogP contribution >= 0.6 is 0 Å². The standard InChI is InChI=1S/C37H29N5/c1-22-10-14-31-27(18-22)28-19-23(2)11-15-32(28)41(31)36-38-35(26-8-6-5-7-9-26)39-37(40-36)42-33-16-12-24(3)20-29(33)30-21-25(4)13-17-34(30)42/h5-21H,1-4H3. The van der Waals surface area contributed by atoms with Crippen LogP contribution in [0.3, 0.4) is 0 Å². The van der Waals surface area contributed by atoms with Crippen LogP contribution in [0.25, 0.3) is 66.9 Å². The van der Waals surface area contributed by atoms with Crippen molar-refractivity contribution in [2.45, 2.75) is 27.7 Å². The van der Waals surface area contributed by atoms with E-state index >= 15 is 0 Å². The predicted octanol–water partition coefficient (Wildman–Crippen LogP) is 8.97. The summed E-state index contributed by atoms with van der Waals surface area (Å²) in [4.78, 5) is 15.5. The van der Waals surface area contributed by atoms with Gasteiger partial charge in [-0.3, -0.25) is 9.13 Å². The second-order valence-electron chi connectivity index (χ2n) is 11.4. The number of fused-ring (bicyclic) bond motifs is 6. The van der Waals surface area contributed by atoms with E-state index in [1.807, 2.05) is 18.2 Å². The van der Waals surface area contributed by atoms with Gasteiger partial charge in [0, 0.05) is 27.1 Å². The molecule has 3 aromatic heterocycles. The van der Waals surface area contributed by atoms with Crippen molar-refractivity contribution in [2.75, 3.05) is 0 Å². The summed E-state index contributed by atoms with van der Waals surface area (Å²) in [5, 5.41) is 4.78. The third-order valence-corrected chi connectivity index (χ3v) is 8.20. The van der Waals surface area contributed by atoms with Crippen molar-refractivity contribution in [3.63, 3.8) is 0 Å². The van der Waals surface area contributed by atoms with Gasteiger partial charge < -0.3 is 0 Å². The molecule has 8 rings (SSSR count). The number of aryl methyl sites for hydroxylation is 4. The van der Waals surface area contributed by atoms with E-state index in [9.17, 15) is 0 Å². The molecule has 0 aliphatic rings. The van der Waals surface area contributed by atoms with Gasteiger partial charge in [-0.05, 0) is 76.2 Å². The zero-order valence-corrected chi connectivity index (χ0v) is 24.1. The molecule has 0 aliphatic heterocycles. The van der Waals surface area contributed by atoms with Crippen molar-refractivity contribution in [1.29, 1.82) is 0 Å². The Bertz CT molecular complexity index is 2080. The zero-order chi connectivity index (χ0) is 28.5. The monoisotopic (exact) mass is 543 g/mol. The number of nitrogens with zero attached hydrogens (tertiary/aromatic N) is 5. The van der Waals surface area contributed by atoms with Crippen LogP contribution in [-0.4, -0.2) is 24.1 Å². The van der Waals surface area contributed by atoms with E-state index in [-0.39, 0.29) is 0 Å². The Morgan fingerprint density at radius 3 is 1.12 bits per heavy atom. The summed E-state index contributed by atoms with van der Waals surface area (Å²) in [6.07, 6.45) is 0. The first-order valence-corrected chi connectivity index (χ1v) is 14.3. The van der Waals surface area contributed by atoms with Crippen molar-refractivity contribution >= 4 is 43.6 Å². The molecule has 0 saturated heterocycles.